The van der Waals surface area contributed by atoms with Crippen LogP contribution in [-0.4, -0.2) is 16.1 Å². The number of thioether (sulfide) groups is 1. The van der Waals surface area contributed by atoms with Gasteiger partial charge in [0.05, 0.1) is 11.7 Å². The Labute approximate surface area is 64.4 Å². The van der Waals surface area contributed by atoms with E-state index < -0.39 is 0 Å². The molecular weight excluding hydrogens is 148 g/mol. The molecule has 0 saturated carbocycles. The average molecular weight is 158 g/mol. The largest absolute Gasteiger partial charge is 0.298 e. The fourth-order valence-electron chi connectivity index (χ4n) is 1.000. The lowest BCUT2D eigenvalue weighted by Gasteiger charge is -2.08. The molecule has 1 aliphatic rings. The summed E-state index contributed by atoms with van der Waals surface area (Å²) in [6.07, 6.45) is 0.146. The zero-order valence-electron chi connectivity index (χ0n) is 6.09. The van der Waals surface area contributed by atoms with Gasteiger partial charge in [-0.25, -0.2) is 0 Å². The van der Waals surface area contributed by atoms with Gasteiger partial charge in [0.15, 0.2) is 10.9 Å². The number of Topliss-reactive ketones (excluding diaryl/α,β-unsaturated/α-hetero) is 1. The molecule has 1 atom stereocenters. The van der Waals surface area contributed by atoms with E-state index in [0.29, 0.717) is 5.92 Å². The Bertz CT molecular complexity index is 174. The maximum atomic E-state index is 11.0. The fraction of sp³-hybridized carbons (Fsp3) is 0.714. The highest BCUT2D eigenvalue weighted by Gasteiger charge is 2.33. The molecule has 0 N–H and O–H groups in total. The summed E-state index contributed by atoms with van der Waals surface area (Å²) < 4.78 is 0. The van der Waals surface area contributed by atoms with Gasteiger partial charge in [0.2, 0.25) is 0 Å². The Kier molecular flexibility index (Phi) is 2.14. The van der Waals surface area contributed by atoms with Gasteiger partial charge in [-0.05, 0) is 5.92 Å². The van der Waals surface area contributed by atoms with Crippen LogP contribution in [0.25, 0.3) is 0 Å². The normalized spacial score (nSPS) is 26.5. The van der Waals surface area contributed by atoms with Gasteiger partial charge in [-0.3, -0.25) is 9.59 Å². The minimum Gasteiger partial charge on any atom is -0.298 e. The Morgan fingerprint density at radius 1 is 1.50 bits per heavy atom. The predicted molar refractivity (Wildman–Crippen MR) is 40.8 cm³/mol. The molecule has 1 saturated heterocycles. The summed E-state index contributed by atoms with van der Waals surface area (Å²) in [6.45, 7) is 3.93. The average Bonchev–Trinajstić information content (AvgIpc) is 2.10. The van der Waals surface area contributed by atoms with Crippen LogP contribution in [-0.2, 0) is 9.59 Å². The van der Waals surface area contributed by atoms with E-state index in [1.807, 2.05) is 13.8 Å². The lowest BCUT2D eigenvalue weighted by atomic mass is 10.1. The van der Waals surface area contributed by atoms with E-state index in [0.717, 1.165) is 0 Å². The second-order valence-electron chi connectivity index (χ2n) is 2.80. The molecule has 3 heteroatoms. The first-order valence-corrected chi connectivity index (χ1v) is 4.21. The van der Waals surface area contributed by atoms with Crippen LogP contribution in [0.5, 0.6) is 0 Å². The van der Waals surface area contributed by atoms with Gasteiger partial charge in [0.25, 0.3) is 0 Å². The van der Waals surface area contributed by atoms with Crippen molar-refractivity contribution in [2.75, 3.05) is 0 Å². The first kappa shape index (κ1) is 7.79. The Balaban J connectivity index is 2.63. The van der Waals surface area contributed by atoms with Crippen LogP contribution in [0.4, 0.5) is 0 Å². The van der Waals surface area contributed by atoms with E-state index in [1.165, 1.54) is 11.8 Å². The van der Waals surface area contributed by atoms with Crippen LogP contribution < -0.4 is 0 Å². The van der Waals surface area contributed by atoms with Crippen molar-refractivity contribution in [2.24, 2.45) is 5.92 Å². The standard InChI is InChI=1S/C7H10O2S/c1-4(2)7-5(8)3-6(9)10-7/h4,7H,3H2,1-2H3. The summed E-state index contributed by atoms with van der Waals surface area (Å²) in [4.78, 5) is 21.7. The molecule has 1 unspecified atom stereocenters. The third-order valence-corrected chi connectivity index (χ3v) is 2.97. The zero-order chi connectivity index (χ0) is 7.72. The Morgan fingerprint density at radius 3 is 2.30 bits per heavy atom. The number of rotatable bonds is 1. The highest BCUT2D eigenvalue weighted by molar-refractivity contribution is 8.15. The number of carbonyl (C=O) groups is 2. The van der Waals surface area contributed by atoms with Crippen molar-refractivity contribution in [3.63, 3.8) is 0 Å². The molecule has 1 rings (SSSR count). The van der Waals surface area contributed by atoms with Gasteiger partial charge in [-0.2, -0.15) is 0 Å². The maximum absolute atomic E-state index is 11.0. The van der Waals surface area contributed by atoms with E-state index in [-0.39, 0.29) is 22.6 Å². The van der Waals surface area contributed by atoms with E-state index in [4.69, 9.17) is 0 Å². The lowest BCUT2D eigenvalue weighted by molar-refractivity contribution is -0.121. The summed E-state index contributed by atoms with van der Waals surface area (Å²) in [6, 6.07) is 0. The summed E-state index contributed by atoms with van der Waals surface area (Å²) in [5, 5.41) is -0.0313. The predicted octanol–water partition coefficient (Wildman–Crippen LogP) is 1.24. The topological polar surface area (TPSA) is 34.1 Å². The van der Waals surface area contributed by atoms with Crippen LogP contribution in [0, 0.1) is 5.92 Å². The van der Waals surface area contributed by atoms with E-state index in [2.05, 4.69) is 0 Å². The molecule has 1 fully saturated rings. The lowest BCUT2D eigenvalue weighted by Crippen LogP contribution is -2.16. The van der Waals surface area contributed by atoms with Gasteiger partial charge in [-0.1, -0.05) is 25.6 Å². The Morgan fingerprint density at radius 2 is 2.10 bits per heavy atom. The first-order valence-electron chi connectivity index (χ1n) is 3.33. The minimum atomic E-state index is -0.0625. The van der Waals surface area contributed by atoms with Crippen LogP contribution in [0.3, 0.4) is 0 Å². The maximum Gasteiger partial charge on any atom is 0.197 e. The van der Waals surface area contributed by atoms with Crippen molar-refractivity contribution in [3.05, 3.63) is 0 Å². The van der Waals surface area contributed by atoms with Crippen molar-refractivity contribution in [3.8, 4) is 0 Å². The van der Waals surface area contributed by atoms with Crippen LogP contribution >= 0.6 is 11.8 Å². The summed E-state index contributed by atoms with van der Waals surface area (Å²) >= 11 is 1.19. The van der Waals surface area contributed by atoms with Gasteiger partial charge in [0.1, 0.15) is 0 Å². The van der Waals surface area contributed by atoms with Crippen molar-refractivity contribution in [1.29, 1.82) is 0 Å². The second kappa shape index (κ2) is 2.74. The highest BCUT2D eigenvalue weighted by atomic mass is 32.2. The SMILES string of the molecule is CC(C)C1SC(=O)CC1=O. The van der Waals surface area contributed by atoms with Crippen LogP contribution in [0.1, 0.15) is 20.3 Å². The summed E-state index contributed by atoms with van der Waals surface area (Å²) in [7, 11) is 0. The van der Waals surface area contributed by atoms with Crippen molar-refractivity contribution < 1.29 is 9.59 Å². The molecule has 0 aromatic heterocycles. The number of hydrogen-bond acceptors (Lipinski definition) is 3. The van der Waals surface area contributed by atoms with E-state index >= 15 is 0 Å². The molecule has 0 aromatic rings. The summed E-state index contributed by atoms with van der Waals surface area (Å²) in [5.41, 5.74) is 0. The van der Waals surface area contributed by atoms with Gasteiger partial charge in [0, 0.05) is 0 Å². The smallest absolute Gasteiger partial charge is 0.197 e. The monoisotopic (exact) mass is 158 g/mol. The molecule has 1 heterocycles. The minimum absolute atomic E-state index is 0.0312. The number of carbonyl (C=O) groups excluding carboxylic acids is 2. The first-order chi connectivity index (χ1) is 4.61. The number of hydrogen-bond donors (Lipinski definition) is 0. The van der Waals surface area contributed by atoms with Gasteiger partial charge < -0.3 is 0 Å². The van der Waals surface area contributed by atoms with Gasteiger partial charge >= 0.3 is 0 Å². The van der Waals surface area contributed by atoms with Crippen molar-refractivity contribution in [1.82, 2.24) is 0 Å². The molecule has 2 nitrogen and oxygen atoms in total. The van der Waals surface area contributed by atoms with Crippen molar-refractivity contribution >= 4 is 22.7 Å². The van der Waals surface area contributed by atoms with E-state index in [9.17, 15) is 9.59 Å². The molecular formula is C7H10O2S. The third-order valence-electron chi connectivity index (χ3n) is 1.50. The molecule has 1 aliphatic heterocycles. The molecule has 10 heavy (non-hydrogen) atoms. The quantitative estimate of drug-likeness (QED) is 0.538. The molecule has 0 amide bonds. The van der Waals surface area contributed by atoms with Crippen molar-refractivity contribution in [2.45, 2.75) is 25.5 Å². The van der Waals surface area contributed by atoms with Crippen LogP contribution in [0.2, 0.25) is 0 Å². The van der Waals surface area contributed by atoms with Gasteiger partial charge in [-0.15, -0.1) is 0 Å². The highest BCUT2D eigenvalue weighted by Crippen LogP contribution is 2.29. The summed E-state index contributed by atoms with van der Waals surface area (Å²) in [5.74, 6) is 0.397. The fourth-order valence-corrected chi connectivity index (χ4v) is 2.00. The molecule has 0 bridgehead atoms. The number of ketones is 1. The second-order valence-corrected chi connectivity index (χ2v) is 4.00. The molecule has 0 spiro atoms. The molecule has 56 valence electrons. The van der Waals surface area contributed by atoms with E-state index in [1.54, 1.807) is 0 Å². The Hall–Kier alpha value is -0.310. The van der Waals surface area contributed by atoms with Crippen LogP contribution in [0.15, 0.2) is 0 Å². The zero-order valence-corrected chi connectivity index (χ0v) is 6.90. The molecule has 0 aromatic carbocycles. The molecule has 0 aliphatic carbocycles. The molecule has 0 radical (unpaired) electrons. The third kappa shape index (κ3) is 1.40.